The molecule has 0 aliphatic heterocycles. The Kier molecular flexibility index (Phi) is 3.77. The molecular weight excluding hydrogens is 378 g/mol. The third-order valence-electron chi connectivity index (χ3n) is 7.23. The van der Waals surface area contributed by atoms with Crippen molar-refractivity contribution in [1.82, 2.24) is 9.97 Å². The van der Waals surface area contributed by atoms with Gasteiger partial charge in [0.2, 0.25) is 5.69 Å². The average molecular weight is 405 g/mol. The van der Waals surface area contributed by atoms with Gasteiger partial charge in [0.15, 0.2) is 6.20 Å². The molecule has 7 rings (SSSR count). The Bertz CT molecular complexity index is 1400. The van der Waals surface area contributed by atoms with Crippen molar-refractivity contribution >= 4 is 0 Å². The van der Waals surface area contributed by atoms with E-state index in [9.17, 15) is 0 Å². The molecule has 2 aromatic heterocycles. The van der Waals surface area contributed by atoms with Crippen molar-refractivity contribution < 1.29 is 4.57 Å². The van der Waals surface area contributed by atoms with Gasteiger partial charge in [0.1, 0.15) is 7.05 Å². The van der Waals surface area contributed by atoms with Gasteiger partial charge in [-0.3, -0.25) is 9.97 Å². The molecule has 0 amide bonds. The van der Waals surface area contributed by atoms with E-state index in [1.165, 1.54) is 55.8 Å². The molecule has 31 heavy (non-hydrogen) atoms. The Morgan fingerprint density at radius 3 is 2.26 bits per heavy atom. The minimum Gasteiger partial charge on any atom is -0.257 e. The van der Waals surface area contributed by atoms with Crippen LogP contribution in [0.25, 0.3) is 11.3 Å². The van der Waals surface area contributed by atoms with Crippen LogP contribution in [0.4, 0.5) is 0 Å². The zero-order valence-electron chi connectivity index (χ0n) is 18.7. The van der Waals surface area contributed by atoms with Gasteiger partial charge in [0.05, 0.1) is 23.2 Å². The molecule has 3 heteroatoms. The summed E-state index contributed by atoms with van der Waals surface area (Å²) in [6.07, 6.45) is 5.90. The summed E-state index contributed by atoms with van der Waals surface area (Å²) in [5.41, 5.74) is 15.7. The molecule has 0 radical (unpaired) electrons. The molecule has 3 nitrogen and oxygen atoms in total. The van der Waals surface area contributed by atoms with Crippen LogP contribution < -0.4 is 4.57 Å². The summed E-state index contributed by atoms with van der Waals surface area (Å²) in [6.45, 7) is 8.83. The van der Waals surface area contributed by atoms with Crippen LogP contribution in [0.3, 0.4) is 0 Å². The van der Waals surface area contributed by atoms with E-state index < -0.39 is 0 Å². The van der Waals surface area contributed by atoms with Gasteiger partial charge in [-0.15, -0.1) is 0 Å². The molecular formula is C28H26N3+. The molecule has 3 aliphatic carbocycles. The van der Waals surface area contributed by atoms with Crippen molar-refractivity contribution in [3.05, 3.63) is 111 Å². The van der Waals surface area contributed by atoms with Gasteiger partial charge in [-0.2, -0.15) is 0 Å². The molecule has 2 aromatic carbocycles. The van der Waals surface area contributed by atoms with Gasteiger partial charge in [0.25, 0.3) is 0 Å². The SMILES string of the molecule is Cc1cc(C)c(C)c(-c2c3c(cc[n+]2C)C2c4cc(C)ccc4C3c3nccnc32)c1. The molecule has 2 bridgehead atoms. The summed E-state index contributed by atoms with van der Waals surface area (Å²) < 4.78 is 2.30. The van der Waals surface area contributed by atoms with Crippen LogP contribution in [0.1, 0.15) is 67.7 Å². The fourth-order valence-electron chi connectivity index (χ4n) is 5.77. The molecule has 0 spiro atoms. The van der Waals surface area contributed by atoms with Crippen molar-refractivity contribution in [2.45, 2.75) is 39.5 Å². The molecule has 4 aromatic rings. The topological polar surface area (TPSA) is 29.7 Å². The number of hydrogen-bond donors (Lipinski definition) is 0. The van der Waals surface area contributed by atoms with E-state index in [4.69, 9.17) is 9.97 Å². The lowest BCUT2D eigenvalue weighted by molar-refractivity contribution is -0.660. The first kappa shape index (κ1) is 18.4. The molecule has 152 valence electrons. The van der Waals surface area contributed by atoms with Crippen LogP contribution in [0.2, 0.25) is 0 Å². The Hall–Kier alpha value is -3.33. The van der Waals surface area contributed by atoms with E-state index in [0.29, 0.717) is 0 Å². The van der Waals surface area contributed by atoms with Gasteiger partial charge in [-0.25, -0.2) is 4.57 Å². The Labute approximate surface area is 183 Å². The van der Waals surface area contributed by atoms with Gasteiger partial charge in [-0.1, -0.05) is 35.4 Å². The van der Waals surface area contributed by atoms with Crippen molar-refractivity contribution in [3.8, 4) is 11.3 Å². The van der Waals surface area contributed by atoms with Gasteiger partial charge in [-0.05, 0) is 61.6 Å². The van der Waals surface area contributed by atoms with E-state index >= 15 is 0 Å². The zero-order valence-corrected chi connectivity index (χ0v) is 18.7. The van der Waals surface area contributed by atoms with E-state index in [0.717, 1.165) is 11.4 Å². The predicted molar refractivity (Wildman–Crippen MR) is 122 cm³/mol. The van der Waals surface area contributed by atoms with Crippen molar-refractivity contribution in [2.75, 3.05) is 0 Å². The molecule has 2 atom stereocenters. The second kappa shape index (κ2) is 6.34. The minimum atomic E-state index is 0.113. The largest absolute Gasteiger partial charge is 0.257 e. The first-order chi connectivity index (χ1) is 15.0. The lowest BCUT2D eigenvalue weighted by Crippen LogP contribution is -2.38. The Morgan fingerprint density at radius 1 is 0.742 bits per heavy atom. The number of benzene rings is 2. The number of hydrogen-bond acceptors (Lipinski definition) is 2. The maximum atomic E-state index is 4.87. The predicted octanol–water partition coefficient (Wildman–Crippen LogP) is 5.19. The van der Waals surface area contributed by atoms with Crippen LogP contribution in [0.5, 0.6) is 0 Å². The summed E-state index contributed by atoms with van der Waals surface area (Å²) >= 11 is 0. The van der Waals surface area contributed by atoms with Crippen molar-refractivity contribution in [1.29, 1.82) is 0 Å². The number of pyridine rings is 1. The van der Waals surface area contributed by atoms with E-state index in [1.807, 2.05) is 12.4 Å². The highest BCUT2D eigenvalue weighted by molar-refractivity contribution is 5.75. The summed E-state index contributed by atoms with van der Waals surface area (Å²) in [5.74, 6) is 0.256. The molecule has 3 aliphatic rings. The summed E-state index contributed by atoms with van der Waals surface area (Å²) in [6, 6.07) is 13.8. The van der Waals surface area contributed by atoms with Gasteiger partial charge < -0.3 is 0 Å². The molecule has 2 heterocycles. The van der Waals surface area contributed by atoms with E-state index in [-0.39, 0.29) is 11.8 Å². The third kappa shape index (κ3) is 2.43. The van der Waals surface area contributed by atoms with Gasteiger partial charge >= 0.3 is 0 Å². The van der Waals surface area contributed by atoms with Crippen LogP contribution >= 0.6 is 0 Å². The Balaban J connectivity index is 1.74. The number of nitrogens with zero attached hydrogens (tertiary/aromatic N) is 3. The molecule has 2 unspecified atom stereocenters. The average Bonchev–Trinajstić information content (AvgIpc) is 2.76. The quantitative estimate of drug-likeness (QED) is 0.353. The standard InChI is InChI=1S/C28H26N3/c1-15-6-7-19-22(13-15)23-20-8-11-31(5)28(21-14-16(2)12-17(3)18(21)4)25(20)24(19)27-26(23)29-9-10-30-27/h6-14,23-24H,1-5H3/q+1. The highest BCUT2D eigenvalue weighted by atomic mass is 14.9. The highest BCUT2D eigenvalue weighted by Crippen LogP contribution is 2.56. The number of rotatable bonds is 1. The monoisotopic (exact) mass is 404 g/mol. The molecule has 0 saturated heterocycles. The normalized spacial score (nSPS) is 17.8. The first-order valence-corrected chi connectivity index (χ1v) is 11.0. The number of aromatic nitrogens is 3. The first-order valence-electron chi connectivity index (χ1n) is 11.0. The Morgan fingerprint density at radius 2 is 1.48 bits per heavy atom. The van der Waals surface area contributed by atoms with E-state index in [2.05, 4.69) is 81.9 Å². The van der Waals surface area contributed by atoms with Crippen molar-refractivity contribution in [2.24, 2.45) is 7.05 Å². The lowest BCUT2D eigenvalue weighted by Gasteiger charge is -2.40. The third-order valence-corrected chi connectivity index (χ3v) is 7.23. The molecule has 0 saturated carbocycles. The van der Waals surface area contributed by atoms with Crippen LogP contribution in [-0.2, 0) is 7.05 Å². The lowest BCUT2D eigenvalue weighted by atomic mass is 9.63. The fraction of sp³-hybridized carbons (Fsp3) is 0.250. The highest BCUT2D eigenvalue weighted by Gasteiger charge is 2.47. The van der Waals surface area contributed by atoms with Gasteiger partial charge in [0, 0.05) is 29.6 Å². The fourth-order valence-corrected chi connectivity index (χ4v) is 5.77. The number of aryl methyl sites for hydroxylation is 4. The smallest absolute Gasteiger partial charge is 0.217 e. The summed E-state index contributed by atoms with van der Waals surface area (Å²) in [7, 11) is 2.17. The summed E-state index contributed by atoms with van der Waals surface area (Å²) in [4.78, 5) is 9.70. The van der Waals surface area contributed by atoms with Crippen LogP contribution in [0.15, 0.2) is 55.0 Å². The molecule has 0 fully saturated rings. The maximum absolute atomic E-state index is 4.87. The second-order valence-corrected chi connectivity index (χ2v) is 9.22. The van der Waals surface area contributed by atoms with Crippen LogP contribution in [0, 0.1) is 27.7 Å². The van der Waals surface area contributed by atoms with Crippen LogP contribution in [-0.4, -0.2) is 9.97 Å². The summed E-state index contributed by atoms with van der Waals surface area (Å²) in [5, 5.41) is 0. The van der Waals surface area contributed by atoms with E-state index in [1.54, 1.807) is 0 Å². The molecule has 0 N–H and O–H groups in total. The minimum absolute atomic E-state index is 0.113. The zero-order chi connectivity index (χ0) is 21.4. The van der Waals surface area contributed by atoms with Crippen molar-refractivity contribution in [3.63, 3.8) is 0 Å². The second-order valence-electron chi connectivity index (χ2n) is 9.22. The maximum Gasteiger partial charge on any atom is 0.217 e.